The van der Waals surface area contributed by atoms with Gasteiger partial charge >= 0.3 is 5.97 Å². The van der Waals surface area contributed by atoms with Crippen molar-refractivity contribution < 1.29 is 9.53 Å². The van der Waals surface area contributed by atoms with Gasteiger partial charge in [0.15, 0.2) is 0 Å². The van der Waals surface area contributed by atoms with Crippen molar-refractivity contribution in [3.63, 3.8) is 0 Å². The molecule has 0 aromatic heterocycles. The molecule has 0 aromatic carbocycles. The highest BCUT2D eigenvalue weighted by Crippen LogP contribution is 2.17. The van der Waals surface area contributed by atoms with Crippen LogP contribution < -0.4 is 5.73 Å². The van der Waals surface area contributed by atoms with E-state index in [1.807, 2.05) is 13.8 Å². The highest BCUT2D eigenvalue weighted by molar-refractivity contribution is 5.89. The number of carbonyl (C=O) groups is 1. The van der Waals surface area contributed by atoms with Gasteiger partial charge in [-0.1, -0.05) is 110 Å². The minimum Gasteiger partial charge on any atom is -0.463 e. The fourth-order valence-corrected chi connectivity index (χ4v) is 3.68. The summed E-state index contributed by atoms with van der Waals surface area (Å²) in [5, 5.41) is 0. The number of carbonyl (C=O) groups excluding carboxylic acids is 1. The molecule has 0 amide bonds. The Morgan fingerprint density at radius 1 is 0.643 bits per heavy atom. The molecule has 0 saturated carbocycles. The van der Waals surface area contributed by atoms with Crippen molar-refractivity contribution in [2.24, 2.45) is 5.73 Å². The van der Waals surface area contributed by atoms with Crippen LogP contribution in [0.15, 0.2) is 11.3 Å². The lowest BCUT2D eigenvalue weighted by Crippen LogP contribution is -2.14. The molecule has 0 radical (unpaired) electrons. The maximum Gasteiger partial charge on any atom is 0.335 e. The van der Waals surface area contributed by atoms with Crippen LogP contribution in [-0.2, 0) is 9.53 Å². The molecule has 3 nitrogen and oxygen atoms in total. The first-order chi connectivity index (χ1) is 13.7. The van der Waals surface area contributed by atoms with Crippen molar-refractivity contribution in [1.29, 1.82) is 0 Å². The van der Waals surface area contributed by atoms with E-state index in [-0.39, 0.29) is 5.97 Å². The van der Waals surface area contributed by atoms with Gasteiger partial charge in [-0.15, -0.1) is 0 Å². The van der Waals surface area contributed by atoms with E-state index in [4.69, 9.17) is 10.5 Å². The molecule has 0 bridgehead atoms. The monoisotopic (exact) mass is 395 g/mol. The average molecular weight is 396 g/mol. The normalized spacial score (nSPS) is 12.1. The topological polar surface area (TPSA) is 52.3 Å². The lowest BCUT2D eigenvalue weighted by atomic mass is 10.0. The summed E-state index contributed by atoms with van der Waals surface area (Å²) in [6.45, 7) is 6.52. The second-order valence-corrected chi connectivity index (χ2v) is 8.13. The molecule has 0 saturated heterocycles. The molecule has 0 aliphatic rings. The van der Waals surface area contributed by atoms with Crippen molar-refractivity contribution >= 4 is 5.97 Å². The maximum atomic E-state index is 12.0. The van der Waals surface area contributed by atoms with E-state index in [0.717, 1.165) is 12.8 Å². The van der Waals surface area contributed by atoms with Gasteiger partial charge in [0.05, 0.1) is 12.2 Å². The zero-order valence-electron chi connectivity index (χ0n) is 19.3. The maximum absolute atomic E-state index is 12.0. The number of rotatable bonds is 20. The lowest BCUT2D eigenvalue weighted by molar-refractivity contribution is -0.138. The van der Waals surface area contributed by atoms with E-state index >= 15 is 0 Å². The molecule has 166 valence electrons. The van der Waals surface area contributed by atoms with Crippen LogP contribution in [-0.4, -0.2) is 12.6 Å². The van der Waals surface area contributed by atoms with Crippen molar-refractivity contribution in [1.82, 2.24) is 0 Å². The zero-order valence-corrected chi connectivity index (χ0v) is 19.3. The fraction of sp³-hybridized carbons (Fsp3) is 0.880. The molecule has 0 atom stereocenters. The number of esters is 1. The van der Waals surface area contributed by atoms with Gasteiger partial charge in [-0.25, -0.2) is 4.79 Å². The summed E-state index contributed by atoms with van der Waals surface area (Å²) in [6, 6.07) is 0. The summed E-state index contributed by atoms with van der Waals surface area (Å²) in [5.74, 6) is -0.220. The molecule has 0 unspecified atom stereocenters. The second-order valence-electron chi connectivity index (χ2n) is 8.13. The van der Waals surface area contributed by atoms with Gasteiger partial charge in [0.1, 0.15) is 0 Å². The fourth-order valence-electron chi connectivity index (χ4n) is 3.68. The molecule has 0 heterocycles. The van der Waals surface area contributed by atoms with Gasteiger partial charge in [-0.05, 0) is 26.2 Å². The number of nitrogens with two attached hydrogens (primary N) is 1. The first-order valence-corrected chi connectivity index (χ1v) is 12.3. The number of ether oxygens (including phenoxy) is 1. The molecule has 0 aromatic rings. The third-order valence-corrected chi connectivity index (χ3v) is 5.57. The molecule has 3 heteroatoms. The number of unbranched alkanes of at least 4 members (excludes halogenated alkanes) is 15. The number of allylic oxidation sites excluding steroid dienone is 1. The van der Waals surface area contributed by atoms with Crippen LogP contribution in [0.2, 0.25) is 0 Å². The summed E-state index contributed by atoms with van der Waals surface area (Å²) in [5.41, 5.74) is 7.39. The van der Waals surface area contributed by atoms with E-state index in [9.17, 15) is 4.79 Å². The van der Waals surface area contributed by atoms with Crippen LogP contribution in [0.1, 0.15) is 136 Å². The smallest absolute Gasteiger partial charge is 0.335 e. The molecule has 2 N–H and O–H groups in total. The van der Waals surface area contributed by atoms with Gasteiger partial charge in [0, 0.05) is 5.70 Å². The Hall–Kier alpha value is -0.990. The SMILES string of the molecule is CCCCCCCCCCCCCCCCCCC(C(=O)OCC)=C(N)CC. The summed E-state index contributed by atoms with van der Waals surface area (Å²) in [7, 11) is 0. The molecule has 28 heavy (non-hydrogen) atoms. The van der Waals surface area contributed by atoms with Gasteiger partial charge in [-0.3, -0.25) is 0 Å². The standard InChI is InChI=1S/C25H49NO2/c1-4-7-8-9-10-11-12-13-14-15-16-17-18-19-20-21-22-23(24(26)5-2)25(27)28-6-3/h4-22,26H2,1-3H3. The summed E-state index contributed by atoms with van der Waals surface area (Å²) in [6.07, 6.45) is 23.2. The Morgan fingerprint density at radius 3 is 1.39 bits per heavy atom. The van der Waals surface area contributed by atoms with E-state index < -0.39 is 0 Å². The Kier molecular flexibility index (Phi) is 20.0. The summed E-state index contributed by atoms with van der Waals surface area (Å²) in [4.78, 5) is 12.0. The van der Waals surface area contributed by atoms with Crippen molar-refractivity contribution in [2.45, 2.75) is 136 Å². The molecule has 0 rings (SSSR count). The third kappa shape index (κ3) is 16.0. The molecular weight excluding hydrogens is 346 g/mol. The van der Waals surface area contributed by atoms with E-state index in [0.29, 0.717) is 24.3 Å². The summed E-state index contributed by atoms with van der Waals surface area (Å²) < 4.78 is 5.13. The molecular formula is C25H49NO2. The summed E-state index contributed by atoms with van der Waals surface area (Å²) >= 11 is 0. The Balaban J connectivity index is 3.48. The number of hydrogen-bond donors (Lipinski definition) is 1. The zero-order chi connectivity index (χ0) is 20.9. The largest absolute Gasteiger partial charge is 0.463 e. The molecule has 0 aliphatic heterocycles. The highest BCUT2D eigenvalue weighted by atomic mass is 16.5. The second kappa shape index (κ2) is 20.7. The van der Waals surface area contributed by atoms with Gasteiger partial charge in [-0.2, -0.15) is 0 Å². The van der Waals surface area contributed by atoms with Crippen molar-refractivity contribution in [3.05, 3.63) is 11.3 Å². The van der Waals surface area contributed by atoms with E-state index in [2.05, 4.69) is 6.92 Å². The van der Waals surface area contributed by atoms with Crippen LogP contribution in [0.5, 0.6) is 0 Å². The van der Waals surface area contributed by atoms with Gasteiger partial charge < -0.3 is 10.5 Å². The predicted octanol–water partition coefficient (Wildman–Crippen LogP) is 7.82. The van der Waals surface area contributed by atoms with Crippen LogP contribution >= 0.6 is 0 Å². The highest BCUT2D eigenvalue weighted by Gasteiger charge is 2.13. The van der Waals surface area contributed by atoms with Crippen molar-refractivity contribution in [2.75, 3.05) is 6.61 Å². The number of hydrogen-bond acceptors (Lipinski definition) is 3. The lowest BCUT2D eigenvalue weighted by Gasteiger charge is -2.10. The van der Waals surface area contributed by atoms with Crippen LogP contribution in [0.3, 0.4) is 0 Å². The minimum atomic E-state index is -0.220. The molecule has 0 spiro atoms. The van der Waals surface area contributed by atoms with Gasteiger partial charge in [0.2, 0.25) is 0 Å². The van der Waals surface area contributed by atoms with Crippen molar-refractivity contribution in [3.8, 4) is 0 Å². The van der Waals surface area contributed by atoms with Crippen LogP contribution in [0, 0.1) is 0 Å². The average Bonchev–Trinajstić information content (AvgIpc) is 2.70. The Morgan fingerprint density at radius 2 is 1.04 bits per heavy atom. The predicted molar refractivity (Wildman–Crippen MR) is 122 cm³/mol. The third-order valence-electron chi connectivity index (χ3n) is 5.57. The van der Waals surface area contributed by atoms with Crippen LogP contribution in [0.25, 0.3) is 0 Å². The van der Waals surface area contributed by atoms with E-state index in [1.54, 1.807) is 0 Å². The Bertz CT molecular complexity index is 390. The first-order valence-electron chi connectivity index (χ1n) is 12.3. The first kappa shape index (κ1) is 27.0. The molecule has 0 aliphatic carbocycles. The molecule has 0 fully saturated rings. The van der Waals surface area contributed by atoms with E-state index in [1.165, 1.54) is 96.3 Å². The van der Waals surface area contributed by atoms with Crippen LogP contribution in [0.4, 0.5) is 0 Å². The quantitative estimate of drug-likeness (QED) is 0.130. The minimum absolute atomic E-state index is 0.220. The Labute approximate surface area is 175 Å². The van der Waals surface area contributed by atoms with Gasteiger partial charge in [0.25, 0.3) is 0 Å².